The molecule has 4 aromatic rings. The summed E-state index contributed by atoms with van der Waals surface area (Å²) in [6.45, 7) is 25.1. The summed E-state index contributed by atoms with van der Waals surface area (Å²) in [6.07, 6.45) is 8.15. The van der Waals surface area contributed by atoms with Crippen molar-refractivity contribution in [3.8, 4) is 0 Å². The van der Waals surface area contributed by atoms with Crippen LogP contribution >= 0.6 is 0 Å². The lowest BCUT2D eigenvalue weighted by Gasteiger charge is -2.15. The molecule has 1 aliphatic rings. The maximum absolute atomic E-state index is 4.64. The Hall–Kier alpha value is -4.49. The van der Waals surface area contributed by atoms with Gasteiger partial charge in [0, 0.05) is 0 Å². The van der Waals surface area contributed by atoms with Crippen molar-refractivity contribution in [1.29, 1.82) is 0 Å². The van der Waals surface area contributed by atoms with Gasteiger partial charge in [0.2, 0.25) is 0 Å². The van der Waals surface area contributed by atoms with Gasteiger partial charge in [0.15, 0.2) is 0 Å². The first-order valence-electron chi connectivity index (χ1n) is 15.9. The third kappa shape index (κ3) is 9.25. The Morgan fingerprint density at radius 2 is 1.16 bits per heavy atom. The van der Waals surface area contributed by atoms with Crippen molar-refractivity contribution in [2.75, 3.05) is 0 Å². The second-order valence-electron chi connectivity index (χ2n) is 10.5. The number of benzene rings is 4. The quantitative estimate of drug-likeness (QED) is 0.213. The van der Waals surface area contributed by atoms with Crippen molar-refractivity contribution >= 4 is 33.3 Å². The minimum atomic E-state index is 0.796. The van der Waals surface area contributed by atoms with E-state index in [1.807, 2.05) is 76.3 Å². The lowest BCUT2D eigenvalue weighted by molar-refractivity contribution is 1.35. The molecule has 0 heterocycles. The predicted octanol–water partition coefficient (Wildman–Crippen LogP) is 13.0. The predicted molar refractivity (Wildman–Crippen MR) is 200 cm³/mol. The third-order valence-corrected chi connectivity index (χ3v) is 7.52. The van der Waals surface area contributed by atoms with Crippen LogP contribution in [0.15, 0.2) is 138 Å². The first kappa shape index (κ1) is 35.7. The molecule has 0 aliphatic heterocycles. The molecule has 0 unspecified atom stereocenters. The molecule has 0 fully saturated rings. The molecule has 0 saturated carbocycles. The molecular weight excluding hydrogens is 530 g/mol. The van der Waals surface area contributed by atoms with Crippen molar-refractivity contribution < 1.29 is 0 Å². The molecule has 1 nitrogen and oxygen atoms in total. The van der Waals surface area contributed by atoms with E-state index in [1.54, 1.807) is 0 Å². The van der Waals surface area contributed by atoms with E-state index in [2.05, 4.69) is 120 Å². The van der Waals surface area contributed by atoms with Crippen LogP contribution in [-0.4, -0.2) is 5.71 Å². The molecule has 44 heavy (non-hydrogen) atoms. The number of aryl methyl sites for hydroxylation is 2. The molecule has 0 radical (unpaired) electrons. The fourth-order valence-electron chi connectivity index (χ4n) is 5.07. The molecular formula is C43H51N. The Morgan fingerprint density at radius 1 is 0.591 bits per heavy atom. The second kappa shape index (κ2) is 18.2. The van der Waals surface area contributed by atoms with Crippen LogP contribution in [-0.2, 0) is 0 Å². The standard InChI is InChI=1S/C22H22.C17H17N.2C2H6/c1-15-9-5-7-11-20(15)16(2)17(3)21-14-13-19-10-6-8-12-22(19)18(21)4;1-13(2)16-11-7-8-12-17(16)18-14(3)15-9-5-4-6-10-15;2*1-2/h5-14H,1-4H3;4-12H,3H2,1-2H3;2*1-2H3/b17-16+;;;. The van der Waals surface area contributed by atoms with Crippen molar-refractivity contribution in [2.45, 2.75) is 69.2 Å². The van der Waals surface area contributed by atoms with Gasteiger partial charge in [-0.25, -0.2) is 4.99 Å². The van der Waals surface area contributed by atoms with E-state index < -0.39 is 0 Å². The summed E-state index contributed by atoms with van der Waals surface area (Å²) in [5.41, 5.74) is 13.4. The maximum atomic E-state index is 4.64. The van der Waals surface area contributed by atoms with Gasteiger partial charge in [0.1, 0.15) is 0 Å². The molecule has 1 aliphatic carbocycles. The highest BCUT2D eigenvalue weighted by Gasteiger charge is 2.10. The molecule has 0 amide bonds. The second-order valence-corrected chi connectivity index (χ2v) is 10.5. The molecule has 0 saturated heterocycles. The fraction of sp³-hybridized carbons (Fsp3) is 0.233. The number of fused-ring (bicyclic) bond motifs is 1. The van der Waals surface area contributed by atoms with Crippen LogP contribution in [0.1, 0.15) is 83.2 Å². The molecule has 0 N–H and O–H groups in total. The fourth-order valence-corrected chi connectivity index (χ4v) is 5.07. The van der Waals surface area contributed by atoms with Gasteiger partial charge in [-0.1, -0.05) is 149 Å². The average molecular weight is 582 g/mol. The maximum Gasteiger partial charge on any atom is 0.0708 e. The molecule has 4 aromatic carbocycles. The van der Waals surface area contributed by atoms with E-state index in [4.69, 9.17) is 0 Å². The molecule has 0 bridgehead atoms. The first-order valence-corrected chi connectivity index (χ1v) is 15.9. The summed E-state index contributed by atoms with van der Waals surface area (Å²) in [5.74, 6) is 0. The monoisotopic (exact) mass is 581 g/mol. The van der Waals surface area contributed by atoms with Crippen molar-refractivity contribution in [3.05, 3.63) is 161 Å². The van der Waals surface area contributed by atoms with E-state index in [-0.39, 0.29) is 0 Å². The average Bonchev–Trinajstić information content (AvgIpc) is 3.07. The zero-order valence-corrected chi connectivity index (χ0v) is 28.6. The normalized spacial score (nSPS) is 13.0. The zero-order valence-electron chi connectivity index (χ0n) is 28.6. The summed E-state index contributed by atoms with van der Waals surface area (Å²) in [4.78, 5) is 4.64. The van der Waals surface area contributed by atoms with E-state index in [0.717, 1.165) is 17.0 Å². The van der Waals surface area contributed by atoms with Crippen molar-refractivity contribution in [3.63, 3.8) is 0 Å². The van der Waals surface area contributed by atoms with Crippen LogP contribution in [0.3, 0.4) is 0 Å². The minimum absolute atomic E-state index is 0.796. The van der Waals surface area contributed by atoms with Gasteiger partial charge in [-0.15, -0.1) is 0 Å². The summed E-state index contributed by atoms with van der Waals surface area (Å²) < 4.78 is 0. The molecule has 0 spiro atoms. The van der Waals surface area contributed by atoms with Crippen LogP contribution in [0.5, 0.6) is 0 Å². The molecule has 1 heteroatoms. The third-order valence-electron chi connectivity index (χ3n) is 7.52. The SMILES string of the molecule is C/C(=C(/C)c1ccc2ccccc2c1C)c1ccccc1C.C=C(N=C1C=CC=CC1=C(C)C)c1ccccc1.CC.CC. The van der Waals surface area contributed by atoms with Crippen LogP contribution in [0.25, 0.3) is 27.6 Å². The highest BCUT2D eigenvalue weighted by Crippen LogP contribution is 2.32. The summed E-state index contributed by atoms with van der Waals surface area (Å²) in [6, 6.07) is 31.7. The molecule has 0 aromatic heterocycles. The summed E-state index contributed by atoms with van der Waals surface area (Å²) >= 11 is 0. The number of nitrogens with zero attached hydrogens (tertiary/aromatic N) is 1. The summed E-state index contributed by atoms with van der Waals surface area (Å²) in [5, 5.41) is 2.65. The Kier molecular flexibility index (Phi) is 14.8. The van der Waals surface area contributed by atoms with Crippen molar-refractivity contribution in [1.82, 2.24) is 0 Å². The number of allylic oxidation sites excluding steroid dienone is 8. The van der Waals surface area contributed by atoms with Gasteiger partial charge in [0.25, 0.3) is 0 Å². The lowest BCUT2D eigenvalue weighted by atomic mass is 9.90. The van der Waals surface area contributed by atoms with Gasteiger partial charge in [0.05, 0.1) is 11.4 Å². The zero-order chi connectivity index (χ0) is 32.6. The van der Waals surface area contributed by atoms with E-state index >= 15 is 0 Å². The van der Waals surface area contributed by atoms with Gasteiger partial charge >= 0.3 is 0 Å². The Labute approximate surface area is 267 Å². The Morgan fingerprint density at radius 3 is 1.82 bits per heavy atom. The van der Waals surface area contributed by atoms with E-state index in [9.17, 15) is 0 Å². The van der Waals surface area contributed by atoms with Gasteiger partial charge in [-0.05, 0) is 103 Å². The Bertz CT molecular complexity index is 1680. The van der Waals surface area contributed by atoms with Crippen molar-refractivity contribution in [2.24, 2.45) is 4.99 Å². The minimum Gasteiger partial charge on any atom is -0.248 e. The Balaban J connectivity index is 0.000000280. The largest absolute Gasteiger partial charge is 0.248 e. The van der Waals surface area contributed by atoms with Crippen LogP contribution in [0, 0.1) is 13.8 Å². The molecule has 5 rings (SSSR count). The van der Waals surface area contributed by atoms with Gasteiger partial charge in [-0.3, -0.25) is 0 Å². The topological polar surface area (TPSA) is 12.4 Å². The number of aliphatic imine (C=N–C) groups is 1. The highest BCUT2D eigenvalue weighted by atomic mass is 14.8. The van der Waals surface area contributed by atoms with E-state index in [0.29, 0.717) is 0 Å². The lowest BCUT2D eigenvalue weighted by Crippen LogP contribution is -2.02. The van der Waals surface area contributed by atoms with Crippen LogP contribution < -0.4 is 0 Å². The van der Waals surface area contributed by atoms with Crippen LogP contribution in [0.2, 0.25) is 0 Å². The van der Waals surface area contributed by atoms with E-state index in [1.165, 1.54) is 55.3 Å². The summed E-state index contributed by atoms with van der Waals surface area (Å²) in [7, 11) is 0. The molecule has 228 valence electrons. The number of hydrogen-bond donors (Lipinski definition) is 0. The van der Waals surface area contributed by atoms with Crippen LogP contribution in [0.4, 0.5) is 0 Å². The van der Waals surface area contributed by atoms with Gasteiger partial charge in [-0.2, -0.15) is 0 Å². The number of hydrogen-bond acceptors (Lipinski definition) is 1. The molecule has 0 atom stereocenters. The van der Waals surface area contributed by atoms with Gasteiger partial charge < -0.3 is 0 Å². The smallest absolute Gasteiger partial charge is 0.0708 e. The number of rotatable bonds is 4. The first-order chi connectivity index (χ1) is 21.3. The highest BCUT2D eigenvalue weighted by molar-refractivity contribution is 6.13.